The fraction of sp³-hybridized carbons (Fsp3) is 0.273. The van der Waals surface area contributed by atoms with Crippen LogP contribution in [0.15, 0.2) is 23.4 Å². The molecule has 0 aliphatic carbocycles. The molecule has 0 amide bonds. The summed E-state index contributed by atoms with van der Waals surface area (Å²) in [6.07, 6.45) is -0.634. The van der Waals surface area contributed by atoms with E-state index >= 15 is 0 Å². The molecule has 88 valence electrons. The van der Waals surface area contributed by atoms with E-state index < -0.39 is 12.1 Å². The molecular weight excluding hydrogens is 226 g/mol. The topological polar surface area (TPSA) is 77.4 Å². The maximum absolute atomic E-state index is 10.7. The van der Waals surface area contributed by atoms with E-state index in [1.165, 1.54) is 0 Å². The molecule has 2 heterocycles. The fourth-order valence-electron chi connectivity index (χ4n) is 1.76. The zero-order valence-electron chi connectivity index (χ0n) is 8.75. The summed E-state index contributed by atoms with van der Waals surface area (Å²) in [6.45, 7) is 0.208. The minimum atomic E-state index is -1.01. The van der Waals surface area contributed by atoms with Crippen LogP contribution in [0, 0.1) is 0 Å². The molecule has 0 saturated carbocycles. The summed E-state index contributed by atoms with van der Waals surface area (Å²) < 4.78 is 10.4. The number of hydrogen-bond acceptors (Lipinski definition) is 5. The molecule has 1 N–H and O–H groups in total. The second kappa shape index (κ2) is 3.65. The number of nitrogens with zero attached hydrogens (tertiary/aromatic N) is 1. The highest BCUT2D eigenvalue weighted by Crippen LogP contribution is 2.33. The second-order valence-corrected chi connectivity index (χ2v) is 3.74. The second-order valence-electron chi connectivity index (χ2n) is 3.74. The number of carbonyl (C=O) groups is 1. The van der Waals surface area contributed by atoms with Crippen molar-refractivity contribution in [3.8, 4) is 11.5 Å². The number of hydrogen-bond donors (Lipinski definition) is 1. The van der Waals surface area contributed by atoms with E-state index in [2.05, 4.69) is 5.16 Å². The Balaban J connectivity index is 1.84. The van der Waals surface area contributed by atoms with Crippen LogP contribution in [0.2, 0.25) is 0 Å². The minimum Gasteiger partial charge on any atom is -0.478 e. The first kappa shape index (κ1) is 9.95. The Hall–Kier alpha value is -2.24. The molecule has 3 rings (SSSR count). The molecule has 0 fully saturated rings. The van der Waals surface area contributed by atoms with Gasteiger partial charge >= 0.3 is 5.97 Å². The molecule has 2 aliphatic heterocycles. The van der Waals surface area contributed by atoms with E-state index in [4.69, 9.17) is 19.4 Å². The number of carboxylic acid groups (broad SMARTS) is 1. The largest absolute Gasteiger partial charge is 0.478 e. The van der Waals surface area contributed by atoms with Crippen molar-refractivity contribution in [2.24, 2.45) is 5.16 Å². The van der Waals surface area contributed by atoms with Gasteiger partial charge in [-0.2, -0.15) is 0 Å². The Morgan fingerprint density at radius 1 is 1.35 bits per heavy atom. The van der Waals surface area contributed by atoms with Crippen LogP contribution in [-0.4, -0.2) is 29.7 Å². The Labute approximate surface area is 96.4 Å². The number of aliphatic carboxylic acids is 1. The number of carboxylic acids is 1. The van der Waals surface area contributed by atoms with Gasteiger partial charge in [0.2, 0.25) is 12.9 Å². The van der Waals surface area contributed by atoms with Crippen LogP contribution < -0.4 is 9.47 Å². The van der Waals surface area contributed by atoms with Crippen LogP contribution in [0.25, 0.3) is 0 Å². The predicted octanol–water partition coefficient (Wildman–Crippen LogP) is 0.993. The fourth-order valence-corrected chi connectivity index (χ4v) is 1.76. The van der Waals surface area contributed by atoms with Crippen LogP contribution in [0.4, 0.5) is 0 Å². The third-order valence-corrected chi connectivity index (χ3v) is 2.65. The molecular formula is C11H9NO5. The maximum Gasteiger partial charge on any atom is 0.348 e. The van der Waals surface area contributed by atoms with E-state index in [1.54, 1.807) is 18.2 Å². The van der Waals surface area contributed by atoms with Crippen molar-refractivity contribution in [3.05, 3.63) is 23.8 Å². The van der Waals surface area contributed by atoms with Gasteiger partial charge in [0, 0.05) is 12.0 Å². The minimum absolute atomic E-state index is 0.208. The molecule has 17 heavy (non-hydrogen) atoms. The summed E-state index contributed by atoms with van der Waals surface area (Å²) in [5, 5.41) is 12.6. The molecule has 0 aromatic heterocycles. The van der Waals surface area contributed by atoms with Gasteiger partial charge in [0.1, 0.15) is 0 Å². The first-order valence-electron chi connectivity index (χ1n) is 5.09. The van der Waals surface area contributed by atoms with Crippen LogP contribution in [0.5, 0.6) is 11.5 Å². The zero-order valence-corrected chi connectivity index (χ0v) is 8.75. The van der Waals surface area contributed by atoms with Crippen molar-refractivity contribution in [2.45, 2.75) is 12.5 Å². The number of oxime groups is 1. The van der Waals surface area contributed by atoms with Crippen molar-refractivity contribution < 1.29 is 24.2 Å². The Kier molecular flexibility index (Phi) is 2.14. The van der Waals surface area contributed by atoms with Gasteiger partial charge in [-0.15, -0.1) is 0 Å². The van der Waals surface area contributed by atoms with E-state index in [9.17, 15) is 4.79 Å². The maximum atomic E-state index is 10.7. The van der Waals surface area contributed by atoms with E-state index in [1.807, 2.05) is 0 Å². The lowest BCUT2D eigenvalue weighted by Gasteiger charge is -2.01. The molecule has 2 aliphatic rings. The zero-order chi connectivity index (χ0) is 11.8. The molecule has 6 heteroatoms. The van der Waals surface area contributed by atoms with Crippen molar-refractivity contribution in [1.29, 1.82) is 0 Å². The Bertz CT molecular complexity index is 511. The van der Waals surface area contributed by atoms with Gasteiger partial charge in [0.25, 0.3) is 0 Å². The number of rotatable bonds is 2. The van der Waals surface area contributed by atoms with Gasteiger partial charge in [-0.1, -0.05) is 5.16 Å². The molecule has 6 nitrogen and oxygen atoms in total. The summed E-state index contributed by atoms with van der Waals surface area (Å²) >= 11 is 0. The monoisotopic (exact) mass is 235 g/mol. The number of benzene rings is 1. The average molecular weight is 235 g/mol. The highest BCUT2D eigenvalue weighted by Gasteiger charge is 2.29. The van der Waals surface area contributed by atoms with Gasteiger partial charge in [-0.3, -0.25) is 0 Å². The standard InChI is InChI=1S/C11H9NO5/c13-11(14)10-4-7(12-17-10)6-1-2-8-9(3-6)16-5-15-8/h1-3,10H,4-5H2,(H,13,14). The smallest absolute Gasteiger partial charge is 0.348 e. The van der Waals surface area contributed by atoms with Crippen molar-refractivity contribution >= 4 is 11.7 Å². The van der Waals surface area contributed by atoms with Crippen molar-refractivity contribution in [2.75, 3.05) is 6.79 Å². The Morgan fingerprint density at radius 2 is 2.18 bits per heavy atom. The van der Waals surface area contributed by atoms with E-state index in [-0.39, 0.29) is 13.2 Å². The van der Waals surface area contributed by atoms with Gasteiger partial charge in [-0.05, 0) is 18.2 Å². The van der Waals surface area contributed by atoms with Gasteiger partial charge < -0.3 is 19.4 Å². The quantitative estimate of drug-likeness (QED) is 0.827. The lowest BCUT2D eigenvalue weighted by atomic mass is 10.0. The number of fused-ring (bicyclic) bond motifs is 1. The van der Waals surface area contributed by atoms with Gasteiger partial charge in [0.15, 0.2) is 11.5 Å². The molecule has 0 bridgehead atoms. The normalized spacial score (nSPS) is 20.9. The third-order valence-electron chi connectivity index (χ3n) is 2.65. The molecule has 0 saturated heterocycles. The van der Waals surface area contributed by atoms with Crippen LogP contribution in [0.3, 0.4) is 0 Å². The molecule has 0 radical (unpaired) electrons. The lowest BCUT2D eigenvalue weighted by molar-refractivity contribution is -0.148. The molecule has 0 spiro atoms. The third kappa shape index (κ3) is 1.67. The predicted molar refractivity (Wildman–Crippen MR) is 56.2 cm³/mol. The van der Waals surface area contributed by atoms with Crippen LogP contribution >= 0.6 is 0 Å². The summed E-state index contributed by atoms with van der Waals surface area (Å²) in [7, 11) is 0. The molecule has 1 aromatic carbocycles. The summed E-state index contributed by atoms with van der Waals surface area (Å²) in [6, 6.07) is 5.35. The molecule has 1 unspecified atom stereocenters. The SMILES string of the molecule is O=C(O)C1CC(c2ccc3c(c2)OCO3)=NO1. The van der Waals surface area contributed by atoms with Crippen LogP contribution in [0.1, 0.15) is 12.0 Å². The van der Waals surface area contributed by atoms with Crippen molar-refractivity contribution in [1.82, 2.24) is 0 Å². The summed E-state index contributed by atoms with van der Waals surface area (Å²) in [5.74, 6) is 0.316. The average Bonchev–Trinajstić information content (AvgIpc) is 2.97. The van der Waals surface area contributed by atoms with E-state index in [0.717, 1.165) is 5.56 Å². The highest BCUT2D eigenvalue weighted by atomic mass is 16.7. The van der Waals surface area contributed by atoms with Crippen LogP contribution in [-0.2, 0) is 9.63 Å². The Morgan fingerprint density at radius 3 is 2.94 bits per heavy atom. The molecule has 1 aromatic rings. The first-order valence-corrected chi connectivity index (χ1v) is 5.09. The summed E-state index contributed by atoms with van der Waals surface area (Å²) in [5.41, 5.74) is 1.40. The van der Waals surface area contributed by atoms with Gasteiger partial charge in [0.05, 0.1) is 5.71 Å². The highest BCUT2D eigenvalue weighted by molar-refractivity contribution is 6.03. The molecule has 1 atom stereocenters. The first-order chi connectivity index (χ1) is 8.24. The van der Waals surface area contributed by atoms with Gasteiger partial charge in [-0.25, -0.2) is 4.79 Å². The number of ether oxygens (including phenoxy) is 2. The summed E-state index contributed by atoms with van der Waals surface area (Å²) in [4.78, 5) is 15.5. The lowest BCUT2D eigenvalue weighted by Crippen LogP contribution is -2.19. The van der Waals surface area contributed by atoms with Crippen molar-refractivity contribution in [3.63, 3.8) is 0 Å². The van der Waals surface area contributed by atoms with E-state index in [0.29, 0.717) is 17.2 Å².